The van der Waals surface area contributed by atoms with Crippen LogP contribution in [-0.2, 0) is 0 Å². The number of benzene rings is 9. The van der Waals surface area contributed by atoms with Crippen LogP contribution in [0.25, 0.3) is 131 Å². The zero-order valence-corrected chi connectivity index (χ0v) is 32.3. The summed E-state index contributed by atoms with van der Waals surface area (Å²) in [5, 5.41) is 9.63. The van der Waals surface area contributed by atoms with Crippen molar-refractivity contribution in [2.45, 2.75) is 0 Å². The summed E-state index contributed by atoms with van der Waals surface area (Å²) in [7, 11) is 0. The maximum atomic E-state index is 5.68. The number of hydrogen-bond donors (Lipinski definition) is 0. The van der Waals surface area contributed by atoms with Crippen molar-refractivity contribution in [3.63, 3.8) is 0 Å². The number of para-hydroxylation sites is 3. The predicted molar refractivity (Wildman–Crippen MR) is 248 cm³/mol. The van der Waals surface area contributed by atoms with Crippen molar-refractivity contribution in [2.75, 3.05) is 0 Å². The number of nitrogens with zero attached hydrogens (tertiary/aromatic N) is 4. The third-order valence-corrected chi connectivity index (χ3v) is 13.8. The molecule has 14 rings (SSSR count). The van der Waals surface area contributed by atoms with Crippen molar-refractivity contribution in [1.82, 2.24) is 19.1 Å². The van der Waals surface area contributed by atoms with Crippen LogP contribution in [0.3, 0.4) is 0 Å². The second-order valence-corrected chi connectivity index (χ2v) is 16.8. The highest BCUT2D eigenvalue weighted by Gasteiger charge is 2.30. The summed E-state index contributed by atoms with van der Waals surface area (Å²) in [6, 6.07) is 66.3. The van der Waals surface area contributed by atoms with E-state index in [0.717, 1.165) is 49.9 Å². The molecule has 0 radical (unpaired) electrons. The van der Waals surface area contributed by atoms with Gasteiger partial charge in [-0.2, -0.15) is 0 Å². The van der Waals surface area contributed by atoms with Gasteiger partial charge in [-0.25, -0.2) is 9.97 Å². The molecule has 0 saturated heterocycles. The zero-order chi connectivity index (χ0) is 38.3. The Balaban J connectivity index is 1.18. The van der Waals surface area contributed by atoms with Gasteiger partial charge in [0.05, 0.1) is 38.8 Å². The summed E-state index contributed by atoms with van der Waals surface area (Å²) in [5.41, 5.74) is 14.4. The quantitative estimate of drug-likeness (QED) is 0.164. The number of fused-ring (bicyclic) bond motifs is 18. The average molecular weight is 767 g/mol. The molecule has 13 aromatic rings. The number of thiophene rings is 1. The third kappa shape index (κ3) is 4.16. The summed E-state index contributed by atoms with van der Waals surface area (Å²) in [6.07, 6.45) is 0. The first-order chi connectivity index (χ1) is 29.3. The van der Waals surface area contributed by atoms with Crippen LogP contribution in [0.1, 0.15) is 0 Å². The van der Waals surface area contributed by atoms with Crippen molar-refractivity contribution in [3.8, 4) is 45.0 Å². The van der Waals surface area contributed by atoms with Crippen molar-refractivity contribution in [3.05, 3.63) is 182 Å². The van der Waals surface area contributed by atoms with Crippen LogP contribution < -0.4 is 0 Å². The van der Waals surface area contributed by atoms with E-state index in [-0.39, 0.29) is 0 Å². The molecule has 1 aliphatic rings. The minimum Gasteiger partial charge on any atom is -0.308 e. The van der Waals surface area contributed by atoms with E-state index in [9.17, 15) is 0 Å². The average Bonchev–Trinajstić information content (AvgIpc) is 3.92. The maximum absolute atomic E-state index is 5.68. The standard InChI is InChI=1S/C54H30N4S/c1-2-14-33-31(13-1)26-28-42-52(33)56-51(32-25-27-38-37-18-8-12-24-47(37)59-48(38)29-32)54(55-42)58-45-23-11-7-20-40(45)49-46(58)30-41-36-17-6-10-22-44(36)57-43-21-9-5-16-35(43)34-15-3-4-19-39(34)50(49)53(41)57/h1-30H. The lowest BCUT2D eigenvalue weighted by atomic mass is 9.91. The molecule has 0 aliphatic carbocycles. The van der Waals surface area contributed by atoms with Gasteiger partial charge in [-0.15, -0.1) is 11.3 Å². The summed E-state index contributed by atoms with van der Waals surface area (Å²) in [5.74, 6) is 0.819. The van der Waals surface area contributed by atoms with Gasteiger partial charge in [0.15, 0.2) is 5.82 Å². The molecule has 0 unspecified atom stereocenters. The van der Waals surface area contributed by atoms with E-state index < -0.39 is 0 Å². The minimum absolute atomic E-state index is 0.819. The molecule has 272 valence electrons. The largest absolute Gasteiger partial charge is 0.308 e. The van der Waals surface area contributed by atoms with Crippen LogP contribution in [0.15, 0.2) is 182 Å². The van der Waals surface area contributed by atoms with Gasteiger partial charge in [-0.1, -0.05) is 140 Å². The van der Waals surface area contributed by atoms with Crippen molar-refractivity contribution in [2.24, 2.45) is 0 Å². The minimum atomic E-state index is 0.819. The molecule has 0 saturated carbocycles. The van der Waals surface area contributed by atoms with Gasteiger partial charge in [-0.05, 0) is 59.0 Å². The topological polar surface area (TPSA) is 35.6 Å². The van der Waals surface area contributed by atoms with Crippen LogP contribution in [0.5, 0.6) is 0 Å². The molecule has 9 aromatic carbocycles. The van der Waals surface area contributed by atoms with Gasteiger partial charge in [0, 0.05) is 63.8 Å². The SMILES string of the molecule is c1ccc2c(c1)-c1ccccc1-n1c3ccccc3c3cc4c(c-2c31)c1ccccc1n4-c1nc2ccc3ccccc3c2nc1-c1ccc2c(c1)sc1ccccc12. The van der Waals surface area contributed by atoms with E-state index in [4.69, 9.17) is 9.97 Å². The zero-order valence-electron chi connectivity index (χ0n) is 31.5. The van der Waals surface area contributed by atoms with E-state index >= 15 is 0 Å². The Morgan fingerprint density at radius 2 is 1.10 bits per heavy atom. The number of rotatable bonds is 2. The van der Waals surface area contributed by atoms with Gasteiger partial charge in [-0.3, -0.25) is 4.57 Å². The second-order valence-electron chi connectivity index (χ2n) is 15.7. The van der Waals surface area contributed by atoms with Crippen molar-refractivity contribution >= 4 is 96.9 Å². The van der Waals surface area contributed by atoms with Gasteiger partial charge in [0.1, 0.15) is 5.69 Å². The lowest BCUT2D eigenvalue weighted by molar-refractivity contribution is 1.08. The molecule has 5 heterocycles. The van der Waals surface area contributed by atoms with Crippen LogP contribution in [-0.4, -0.2) is 19.1 Å². The fourth-order valence-corrected chi connectivity index (χ4v) is 11.3. The first-order valence-corrected chi connectivity index (χ1v) is 20.9. The molecule has 0 atom stereocenters. The summed E-state index contributed by atoms with van der Waals surface area (Å²) in [6.45, 7) is 0. The van der Waals surface area contributed by atoms with Crippen LogP contribution in [0.4, 0.5) is 0 Å². The van der Waals surface area contributed by atoms with Crippen molar-refractivity contribution < 1.29 is 0 Å². The first kappa shape index (κ1) is 31.5. The monoisotopic (exact) mass is 766 g/mol. The predicted octanol–water partition coefficient (Wildman–Crippen LogP) is 14.7. The number of aromatic nitrogens is 4. The summed E-state index contributed by atoms with van der Waals surface area (Å²) in [4.78, 5) is 11.3. The Labute approximate surface area is 341 Å². The van der Waals surface area contributed by atoms with Gasteiger partial charge in [0.25, 0.3) is 0 Å². The lowest BCUT2D eigenvalue weighted by Gasteiger charge is -2.15. The van der Waals surface area contributed by atoms with Gasteiger partial charge < -0.3 is 4.57 Å². The van der Waals surface area contributed by atoms with E-state index in [1.165, 1.54) is 80.7 Å². The molecule has 5 heteroatoms. The smallest absolute Gasteiger partial charge is 0.165 e. The van der Waals surface area contributed by atoms with E-state index in [2.05, 4.69) is 191 Å². The fourth-order valence-electron chi connectivity index (χ4n) is 10.1. The molecule has 4 aromatic heterocycles. The molecular formula is C54H30N4S. The highest BCUT2D eigenvalue weighted by molar-refractivity contribution is 7.25. The molecule has 1 aliphatic heterocycles. The lowest BCUT2D eigenvalue weighted by Crippen LogP contribution is -2.04. The highest BCUT2D eigenvalue weighted by atomic mass is 32.1. The van der Waals surface area contributed by atoms with Crippen LogP contribution in [0.2, 0.25) is 0 Å². The molecule has 59 heavy (non-hydrogen) atoms. The molecule has 0 spiro atoms. The van der Waals surface area contributed by atoms with E-state index in [1.54, 1.807) is 0 Å². The third-order valence-electron chi connectivity index (χ3n) is 12.6. The van der Waals surface area contributed by atoms with Gasteiger partial charge >= 0.3 is 0 Å². The molecular weight excluding hydrogens is 737 g/mol. The molecule has 0 fully saturated rings. The first-order valence-electron chi connectivity index (χ1n) is 20.1. The summed E-state index contributed by atoms with van der Waals surface area (Å²) < 4.78 is 7.43. The Bertz CT molecular complexity index is 3980. The Morgan fingerprint density at radius 3 is 1.98 bits per heavy atom. The number of hydrogen-bond acceptors (Lipinski definition) is 3. The Kier molecular flexibility index (Phi) is 6.14. The second kappa shape index (κ2) is 11.5. The molecule has 0 amide bonds. The van der Waals surface area contributed by atoms with E-state index in [0.29, 0.717) is 0 Å². The summed E-state index contributed by atoms with van der Waals surface area (Å²) >= 11 is 1.83. The Hall–Kier alpha value is -7.60. The molecule has 0 bridgehead atoms. The molecule has 0 N–H and O–H groups in total. The van der Waals surface area contributed by atoms with Gasteiger partial charge in [0.2, 0.25) is 0 Å². The van der Waals surface area contributed by atoms with Crippen LogP contribution in [0, 0.1) is 0 Å². The van der Waals surface area contributed by atoms with Crippen molar-refractivity contribution in [1.29, 1.82) is 0 Å². The normalized spacial score (nSPS) is 12.4. The molecule has 4 nitrogen and oxygen atoms in total. The Morgan fingerprint density at radius 1 is 0.424 bits per heavy atom. The highest BCUT2D eigenvalue weighted by Crippen LogP contribution is 2.52. The maximum Gasteiger partial charge on any atom is 0.165 e. The van der Waals surface area contributed by atoms with Crippen LogP contribution >= 0.6 is 11.3 Å². The fraction of sp³-hybridized carbons (Fsp3) is 0. The van der Waals surface area contributed by atoms with E-state index in [1.807, 2.05) is 11.3 Å².